The Balaban J connectivity index is 1.31. The first-order valence-electron chi connectivity index (χ1n) is 9.28. The van der Waals surface area contributed by atoms with Crippen molar-refractivity contribution in [2.24, 2.45) is 5.92 Å². The predicted molar refractivity (Wildman–Crippen MR) is 112 cm³/mol. The number of aromatic nitrogens is 3. The normalized spacial score (nSPS) is 15.0. The van der Waals surface area contributed by atoms with Gasteiger partial charge < -0.3 is 14.7 Å². The Kier molecular flexibility index (Phi) is 5.69. The van der Waals surface area contributed by atoms with E-state index in [1.54, 1.807) is 18.2 Å². The van der Waals surface area contributed by atoms with E-state index < -0.39 is 0 Å². The van der Waals surface area contributed by atoms with Crippen LogP contribution in [-0.2, 0) is 0 Å². The number of hydrogen-bond acceptors (Lipinski definition) is 6. The highest BCUT2D eigenvalue weighted by Gasteiger charge is 2.20. The van der Waals surface area contributed by atoms with Gasteiger partial charge in [-0.3, -0.25) is 4.98 Å². The van der Waals surface area contributed by atoms with Crippen LogP contribution in [-0.4, -0.2) is 34.8 Å². The van der Waals surface area contributed by atoms with Gasteiger partial charge in [0.1, 0.15) is 0 Å². The van der Waals surface area contributed by atoms with E-state index in [2.05, 4.69) is 37.5 Å². The largest absolute Gasteiger partial charge is 0.371 e. The van der Waals surface area contributed by atoms with E-state index in [0.717, 1.165) is 43.7 Å². The zero-order chi connectivity index (χ0) is 19.5. The highest BCUT2D eigenvalue weighted by atomic mass is 35.5. The van der Waals surface area contributed by atoms with Gasteiger partial charge in [-0.25, -0.2) is 0 Å². The van der Waals surface area contributed by atoms with Crippen LogP contribution < -0.4 is 10.2 Å². The number of hydrogen-bond donors (Lipinski definition) is 1. The Bertz CT molecular complexity index is 933. The van der Waals surface area contributed by atoms with Gasteiger partial charge in [0.2, 0.25) is 5.82 Å². The Morgan fingerprint density at radius 3 is 2.61 bits per heavy atom. The van der Waals surface area contributed by atoms with Crippen molar-refractivity contribution < 1.29 is 4.52 Å². The number of aryl methyl sites for hydroxylation is 1. The van der Waals surface area contributed by atoms with Crippen LogP contribution >= 0.6 is 23.2 Å². The molecule has 0 saturated carbocycles. The first-order chi connectivity index (χ1) is 13.6. The molecule has 0 unspecified atom stereocenters. The Morgan fingerprint density at radius 1 is 1.14 bits per heavy atom. The van der Waals surface area contributed by atoms with Crippen molar-refractivity contribution in [1.29, 1.82) is 0 Å². The molecule has 0 spiro atoms. The summed E-state index contributed by atoms with van der Waals surface area (Å²) >= 11 is 12.1. The molecule has 0 aliphatic carbocycles. The van der Waals surface area contributed by atoms with Crippen molar-refractivity contribution in [1.82, 2.24) is 15.1 Å². The maximum atomic E-state index is 6.04. The van der Waals surface area contributed by atoms with E-state index in [-0.39, 0.29) is 0 Å². The number of rotatable bonds is 5. The Labute approximate surface area is 173 Å². The molecule has 0 radical (unpaired) electrons. The minimum atomic E-state index is 0.415. The minimum Gasteiger partial charge on any atom is -0.371 e. The van der Waals surface area contributed by atoms with Crippen LogP contribution in [0.3, 0.4) is 0 Å². The number of nitrogens with one attached hydrogen (secondary N) is 1. The van der Waals surface area contributed by atoms with Gasteiger partial charge in [-0.2, -0.15) is 4.98 Å². The Hall–Kier alpha value is -2.31. The molecular formula is C20H21Cl2N5O. The molecule has 1 aromatic carbocycles. The molecule has 146 valence electrons. The summed E-state index contributed by atoms with van der Waals surface area (Å²) in [6.07, 6.45) is 4.09. The smallest absolute Gasteiger partial charge is 0.321 e. The van der Waals surface area contributed by atoms with Crippen molar-refractivity contribution in [3.63, 3.8) is 0 Å². The van der Waals surface area contributed by atoms with E-state index in [0.29, 0.717) is 27.8 Å². The quantitative estimate of drug-likeness (QED) is 0.624. The molecule has 2 aromatic heterocycles. The molecule has 6 nitrogen and oxygen atoms in total. The third-order valence-electron chi connectivity index (χ3n) is 4.95. The molecule has 28 heavy (non-hydrogen) atoms. The lowest BCUT2D eigenvalue weighted by molar-refractivity contribution is 0.403. The summed E-state index contributed by atoms with van der Waals surface area (Å²) in [7, 11) is 0. The Morgan fingerprint density at radius 2 is 1.89 bits per heavy atom. The summed E-state index contributed by atoms with van der Waals surface area (Å²) < 4.78 is 5.32. The number of piperidine rings is 1. The molecule has 1 N–H and O–H groups in total. The van der Waals surface area contributed by atoms with E-state index in [9.17, 15) is 0 Å². The molecule has 1 saturated heterocycles. The van der Waals surface area contributed by atoms with Crippen molar-refractivity contribution in [2.45, 2.75) is 19.8 Å². The molecule has 0 bridgehead atoms. The minimum absolute atomic E-state index is 0.415. The number of halogens is 2. The number of benzene rings is 1. The third kappa shape index (κ3) is 4.56. The predicted octanol–water partition coefficient (Wildman–Crippen LogP) is 5.08. The van der Waals surface area contributed by atoms with Crippen molar-refractivity contribution in [3.8, 4) is 11.4 Å². The van der Waals surface area contributed by atoms with Gasteiger partial charge in [0, 0.05) is 52.8 Å². The van der Waals surface area contributed by atoms with E-state index in [4.69, 9.17) is 27.7 Å². The van der Waals surface area contributed by atoms with Gasteiger partial charge in [-0.05, 0) is 56.0 Å². The molecule has 8 heteroatoms. The first-order valence-corrected chi connectivity index (χ1v) is 10.0. The summed E-state index contributed by atoms with van der Waals surface area (Å²) in [6, 6.07) is 9.83. The molecule has 3 heterocycles. The van der Waals surface area contributed by atoms with Gasteiger partial charge in [-0.1, -0.05) is 28.4 Å². The highest BCUT2D eigenvalue weighted by molar-refractivity contribution is 6.35. The lowest BCUT2D eigenvalue weighted by atomic mass is 9.96. The summed E-state index contributed by atoms with van der Waals surface area (Å²) in [5, 5.41) is 8.35. The fraction of sp³-hybridized carbons (Fsp3) is 0.350. The van der Waals surface area contributed by atoms with Gasteiger partial charge in [-0.15, -0.1) is 0 Å². The summed E-state index contributed by atoms with van der Waals surface area (Å²) in [6.45, 7) is 4.90. The fourth-order valence-electron chi connectivity index (χ4n) is 3.45. The van der Waals surface area contributed by atoms with Crippen LogP contribution in [0, 0.1) is 12.8 Å². The SMILES string of the molecule is Cc1cc(N2CCC(CNc3nc(-c4cc(Cl)cc(Cl)c4)no3)CC2)ccn1. The van der Waals surface area contributed by atoms with Crippen LogP contribution in [0.2, 0.25) is 10.0 Å². The molecule has 0 atom stereocenters. The van der Waals surface area contributed by atoms with Crippen LogP contribution in [0.15, 0.2) is 41.1 Å². The highest BCUT2D eigenvalue weighted by Crippen LogP contribution is 2.27. The van der Waals surface area contributed by atoms with E-state index >= 15 is 0 Å². The topological polar surface area (TPSA) is 67.1 Å². The van der Waals surface area contributed by atoms with Crippen LogP contribution in [0.4, 0.5) is 11.7 Å². The number of pyridine rings is 1. The summed E-state index contributed by atoms with van der Waals surface area (Å²) in [5.41, 5.74) is 3.03. The number of anilines is 2. The second-order valence-corrected chi connectivity index (χ2v) is 7.92. The monoisotopic (exact) mass is 417 g/mol. The van der Waals surface area contributed by atoms with Gasteiger partial charge in [0.15, 0.2) is 0 Å². The fourth-order valence-corrected chi connectivity index (χ4v) is 3.98. The summed E-state index contributed by atoms with van der Waals surface area (Å²) in [4.78, 5) is 11.1. The maximum absolute atomic E-state index is 6.04. The van der Waals surface area contributed by atoms with Crippen molar-refractivity contribution in [3.05, 3.63) is 52.3 Å². The maximum Gasteiger partial charge on any atom is 0.321 e. The number of nitrogens with zero attached hydrogens (tertiary/aromatic N) is 4. The zero-order valence-corrected chi connectivity index (χ0v) is 17.0. The average Bonchev–Trinajstić information content (AvgIpc) is 3.15. The van der Waals surface area contributed by atoms with Gasteiger partial charge in [0.05, 0.1) is 0 Å². The standard InChI is InChI=1S/C20H21Cl2N5O/c1-13-8-18(2-5-23-13)27-6-3-14(4-7-27)12-24-20-25-19(26-28-20)15-9-16(21)11-17(22)10-15/h2,5,8-11,14H,3-4,6-7,12H2,1H3,(H,24,25,26). The summed E-state index contributed by atoms with van der Waals surface area (Å²) in [5.74, 6) is 1.03. The van der Waals surface area contributed by atoms with Crippen LogP contribution in [0.5, 0.6) is 0 Å². The van der Waals surface area contributed by atoms with E-state index in [1.807, 2.05) is 13.1 Å². The molecule has 0 amide bonds. The average molecular weight is 418 g/mol. The molecular weight excluding hydrogens is 397 g/mol. The van der Waals surface area contributed by atoms with E-state index in [1.165, 1.54) is 5.69 Å². The van der Waals surface area contributed by atoms with Crippen molar-refractivity contribution in [2.75, 3.05) is 29.9 Å². The first kappa shape index (κ1) is 19.0. The third-order valence-corrected chi connectivity index (χ3v) is 5.39. The second kappa shape index (κ2) is 8.37. The molecule has 1 fully saturated rings. The molecule has 1 aliphatic rings. The molecule has 4 rings (SSSR count). The van der Waals surface area contributed by atoms with Gasteiger partial charge in [0.25, 0.3) is 0 Å². The molecule has 3 aromatic rings. The lowest BCUT2D eigenvalue weighted by Crippen LogP contribution is -2.35. The van der Waals surface area contributed by atoms with Gasteiger partial charge >= 0.3 is 6.01 Å². The second-order valence-electron chi connectivity index (χ2n) is 7.05. The van der Waals surface area contributed by atoms with Crippen molar-refractivity contribution >= 4 is 34.9 Å². The van der Waals surface area contributed by atoms with Crippen LogP contribution in [0.1, 0.15) is 18.5 Å². The lowest BCUT2D eigenvalue weighted by Gasteiger charge is -2.33. The molecule has 1 aliphatic heterocycles. The van der Waals surface area contributed by atoms with Crippen LogP contribution in [0.25, 0.3) is 11.4 Å². The zero-order valence-electron chi connectivity index (χ0n) is 15.5.